The second kappa shape index (κ2) is 8.96. The monoisotopic (exact) mass is 407 g/mol. The van der Waals surface area contributed by atoms with Gasteiger partial charge in [0.2, 0.25) is 0 Å². The molecule has 0 aliphatic heterocycles. The molecule has 0 radical (unpaired) electrons. The number of rotatable bonds is 7. The summed E-state index contributed by atoms with van der Waals surface area (Å²) in [4.78, 5) is 11.2. The first-order valence-electron chi connectivity index (χ1n) is 7.89. The molecule has 0 amide bonds. The Bertz CT molecular complexity index is 1060. The van der Waals surface area contributed by atoms with E-state index in [0.717, 1.165) is 12.3 Å². The Morgan fingerprint density at radius 2 is 1.86 bits per heavy atom. The third-order valence-electron chi connectivity index (χ3n) is 3.36. The van der Waals surface area contributed by atoms with Crippen LogP contribution < -0.4 is 10.0 Å². The lowest BCUT2D eigenvalue weighted by atomic mass is 10.2. The lowest BCUT2D eigenvalue weighted by Crippen LogP contribution is -2.14. The number of para-hydroxylation sites is 2. The first-order valence-corrected chi connectivity index (χ1v) is 9.37. The summed E-state index contributed by atoms with van der Waals surface area (Å²) >= 11 is 0. The van der Waals surface area contributed by atoms with Crippen molar-refractivity contribution in [3.8, 4) is 6.07 Å². The largest absolute Gasteiger partial charge is 0.462 e. The number of sulfonamides is 1. The van der Waals surface area contributed by atoms with Crippen molar-refractivity contribution in [2.24, 2.45) is 0 Å². The topological polar surface area (TPSA) is 108 Å². The van der Waals surface area contributed by atoms with E-state index in [-0.39, 0.29) is 23.6 Å². The minimum atomic E-state index is -4.22. The molecule has 0 unspecified atom stereocenters. The average molecular weight is 407 g/mol. The minimum absolute atomic E-state index is 0.0598. The molecule has 10 heteroatoms. The van der Waals surface area contributed by atoms with E-state index in [1.54, 1.807) is 19.1 Å². The number of ether oxygens (including phenoxy) is 1. The number of hydrogen-bond acceptors (Lipinski definition) is 6. The Kier molecular flexibility index (Phi) is 6.68. The van der Waals surface area contributed by atoms with Crippen LogP contribution in [0.5, 0.6) is 0 Å². The van der Waals surface area contributed by atoms with Crippen molar-refractivity contribution in [1.82, 2.24) is 0 Å². The number of nitrogens with one attached hydrogen (secondary N) is 2. The molecule has 2 rings (SSSR count). The third-order valence-corrected chi connectivity index (χ3v) is 4.72. The zero-order valence-electron chi connectivity index (χ0n) is 14.6. The molecule has 0 aliphatic carbocycles. The molecular weight excluding hydrogens is 392 g/mol. The second-order valence-electron chi connectivity index (χ2n) is 5.26. The molecule has 0 fully saturated rings. The van der Waals surface area contributed by atoms with E-state index in [9.17, 15) is 22.0 Å². The van der Waals surface area contributed by atoms with Crippen LogP contribution in [0.1, 0.15) is 6.92 Å². The lowest BCUT2D eigenvalue weighted by molar-refractivity contribution is -0.138. The van der Waals surface area contributed by atoms with Crippen LogP contribution in [-0.2, 0) is 19.6 Å². The quantitative estimate of drug-likeness (QED) is 0.415. The van der Waals surface area contributed by atoms with Gasteiger partial charge in [0.05, 0.1) is 22.9 Å². The van der Waals surface area contributed by atoms with Gasteiger partial charge in [0, 0.05) is 6.20 Å². The van der Waals surface area contributed by atoms with Gasteiger partial charge < -0.3 is 10.1 Å². The van der Waals surface area contributed by atoms with E-state index < -0.39 is 32.5 Å². The summed E-state index contributed by atoms with van der Waals surface area (Å²) in [6, 6.07) is 9.87. The predicted molar refractivity (Wildman–Crippen MR) is 97.6 cm³/mol. The molecule has 0 spiro atoms. The molecule has 0 heterocycles. The second-order valence-corrected chi connectivity index (χ2v) is 6.94. The summed E-state index contributed by atoms with van der Waals surface area (Å²) in [5.74, 6) is -3.31. The molecule has 0 bridgehead atoms. The first-order chi connectivity index (χ1) is 13.3. The summed E-state index contributed by atoms with van der Waals surface area (Å²) < 4.78 is 58.2. The van der Waals surface area contributed by atoms with Gasteiger partial charge in [-0.2, -0.15) is 5.26 Å². The number of nitriles is 1. The van der Waals surface area contributed by atoms with Gasteiger partial charge >= 0.3 is 5.97 Å². The van der Waals surface area contributed by atoms with E-state index in [4.69, 9.17) is 10.00 Å². The SMILES string of the molecule is CCOC(=O)/C(C#N)=C/Nc1ccccc1NS(=O)(=O)c1ccc(F)c(F)c1. The number of halogens is 2. The van der Waals surface area contributed by atoms with Crippen LogP contribution in [0.2, 0.25) is 0 Å². The van der Waals surface area contributed by atoms with Gasteiger partial charge in [-0.3, -0.25) is 4.72 Å². The fourth-order valence-electron chi connectivity index (χ4n) is 2.04. The molecular formula is C18H15F2N3O4S. The Labute approximate surface area is 160 Å². The van der Waals surface area contributed by atoms with Crippen molar-refractivity contribution < 1.29 is 26.7 Å². The fraction of sp³-hybridized carbons (Fsp3) is 0.111. The molecule has 2 aromatic rings. The van der Waals surface area contributed by atoms with Crippen molar-refractivity contribution in [3.63, 3.8) is 0 Å². The molecule has 0 aromatic heterocycles. The van der Waals surface area contributed by atoms with Gasteiger partial charge in [-0.05, 0) is 37.3 Å². The van der Waals surface area contributed by atoms with E-state index in [2.05, 4.69) is 10.0 Å². The summed E-state index contributed by atoms with van der Waals surface area (Å²) in [6.07, 6.45) is 1.07. The zero-order chi connectivity index (χ0) is 20.7. The summed E-state index contributed by atoms with van der Waals surface area (Å²) in [5.41, 5.74) is -0.0459. The standard InChI is InChI=1S/C18H15F2N3O4S/c1-2-27-18(24)12(10-21)11-22-16-5-3-4-6-17(16)23-28(25,26)13-7-8-14(19)15(20)9-13/h3-9,11,22-23H,2H2,1H3/b12-11+. The number of esters is 1. The smallest absolute Gasteiger partial charge is 0.350 e. The van der Waals surface area contributed by atoms with Crippen LogP contribution in [0, 0.1) is 23.0 Å². The maximum Gasteiger partial charge on any atom is 0.350 e. The highest BCUT2D eigenvalue weighted by atomic mass is 32.2. The zero-order valence-corrected chi connectivity index (χ0v) is 15.4. The lowest BCUT2D eigenvalue weighted by Gasteiger charge is -2.13. The number of nitrogens with zero attached hydrogens (tertiary/aromatic N) is 1. The van der Waals surface area contributed by atoms with Gasteiger partial charge in [-0.1, -0.05) is 12.1 Å². The van der Waals surface area contributed by atoms with Gasteiger partial charge in [0.1, 0.15) is 6.07 Å². The van der Waals surface area contributed by atoms with E-state index in [1.807, 2.05) is 0 Å². The summed E-state index contributed by atoms with van der Waals surface area (Å²) in [5, 5.41) is 11.7. The molecule has 0 atom stereocenters. The highest BCUT2D eigenvalue weighted by Gasteiger charge is 2.18. The minimum Gasteiger partial charge on any atom is -0.462 e. The number of hydrogen-bond donors (Lipinski definition) is 2. The van der Waals surface area contributed by atoms with E-state index in [0.29, 0.717) is 12.1 Å². The van der Waals surface area contributed by atoms with Crippen LogP contribution in [0.3, 0.4) is 0 Å². The van der Waals surface area contributed by atoms with E-state index in [1.165, 1.54) is 18.2 Å². The van der Waals surface area contributed by atoms with Gasteiger partial charge in [-0.25, -0.2) is 22.0 Å². The van der Waals surface area contributed by atoms with Crippen molar-refractivity contribution in [2.75, 3.05) is 16.6 Å². The Morgan fingerprint density at radius 3 is 2.46 bits per heavy atom. The van der Waals surface area contributed by atoms with Crippen molar-refractivity contribution in [1.29, 1.82) is 5.26 Å². The Morgan fingerprint density at radius 1 is 1.18 bits per heavy atom. The van der Waals surface area contributed by atoms with Crippen LogP contribution in [0.25, 0.3) is 0 Å². The van der Waals surface area contributed by atoms with Crippen LogP contribution in [0.15, 0.2) is 59.1 Å². The Balaban J connectivity index is 2.30. The van der Waals surface area contributed by atoms with Crippen LogP contribution >= 0.6 is 0 Å². The summed E-state index contributed by atoms with van der Waals surface area (Å²) in [7, 11) is -4.22. The summed E-state index contributed by atoms with van der Waals surface area (Å²) in [6.45, 7) is 1.67. The molecule has 146 valence electrons. The molecule has 28 heavy (non-hydrogen) atoms. The number of carbonyl (C=O) groups excluding carboxylic acids is 1. The molecule has 2 aromatic carbocycles. The van der Waals surface area contributed by atoms with Gasteiger partial charge in [0.15, 0.2) is 17.2 Å². The number of carbonyl (C=O) groups is 1. The predicted octanol–water partition coefficient (Wildman–Crippen LogP) is 3.15. The highest BCUT2D eigenvalue weighted by Crippen LogP contribution is 2.25. The molecule has 0 aliphatic rings. The number of benzene rings is 2. The van der Waals surface area contributed by atoms with Gasteiger partial charge in [-0.15, -0.1) is 0 Å². The first kappa shape index (κ1) is 20.9. The fourth-order valence-corrected chi connectivity index (χ4v) is 3.13. The molecule has 0 saturated carbocycles. The Hall–Kier alpha value is -3.45. The molecule has 0 saturated heterocycles. The number of anilines is 2. The van der Waals surface area contributed by atoms with E-state index >= 15 is 0 Å². The maximum atomic E-state index is 13.4. The van der Waals surface area contributed by atoms with Crippen molar-refractivity contribution in [2.45, 2.75) is 11.8 Å². The van der Waals surface area contributed by atoms with Crippen LogP contribution in [-0.4, -0.2) is 21.0 Å². The van der Waals surface area contributed by atoms with Crippen molar-refractivity contribution >= 4 is 27.4 Å². The molecule has 2 N–H and O–H groups in total. The average Bonchev–Trinajstić information content (AvgIpc) is 2.65. The normalized spacial score (nSPS) is 11.4. The van der Waals surface area contributed by atoms with Gasteiger partial charge in [0.25, 0.3) is 10.0 Å². The van der Waals surface area contributed by atoms with Crippen LogP contribution in [0.4, 0.5) is 20.2 Å². The molecule has 7 nitrogen and oxygen atoms in total. The highest BCUT2D eigenvalue weighted by molar-refractivity contribution is 7.92. The maximum absolute atomic E-state index is 13.4. The van der Waals surface area contributed by atoms with Crippen molar-refractivity contribution in [3.05, 3.63) is 65.9 Å². The third kappa shape index (κ3) is 5.05.